The Morgan fingerprint density at radius 2 is 1.88 bits per heavy atom. The van der Waals surface area contributed by atoms with E-state index in [9.17, 15) is 18.0 Å². The molecule has 3 aromatic heterocycles. The fraction of sp³-hybridized carbons (Fsp3) is 0.375. The number of benzene rings is 1. The average Bonchev–Trinajstić information content (AvgIpc) is 3.13. The molecule has 10 heteroatoms. The third kappa shape index (κ3) is 3.94. The summed E-state index contributed by atoms with van der Waals surface area (Å²) in [5.41, 5.74) is 0.325. The predicted octanol–water partition coefficient (Wildman–Crippen LogP) is 3.66. The lowest BCUT2D eigenvalue weighted by Gasteiger charge is -2.16. The van der Waals surface area contributed by atoms with Crippen LogP contribution in [0.5, 0.6) is 0 Å². The van der Waals surface area contributed by atoms with Crippen LogP contribution in [0.15, 0.2) is 49.3 Å². The number of nitrogens with zero attached hydrogens (tertiary/aromatic N) is 3. The maximum Gasteiger partial charge on any atom is 0.331 e. The van der Waals surface area contributed by atoms with Gasteiger partial charge in [0.2, 0.25) is 0 Å². The van der Waals surface area contributed by atoms with E-state index in [4.69, 9.17) is 4.52 Å². The standard InChI is InChI=1S/C24H25N3O5S2/c1-14-9-16(32-25-14)12-27-22(28)19-11-17(34(30,31)13-24(3)7-8-24)10-18(20-6-5-15(2)33-20)21(19)26(4)23(27)29/h5-6,9-11H,7-8,12-13H2,1-4H3. The SMILES string of the molecule is Cc1cc(Cn2c(=O)c3cc(S(=O)(=O)CC4(C)CC4)cc(-c4ccc(C)s4)c3n(C)c2=O)on1. The highest BCUT2D eigenvalue weighted by atomic mass is 32.2. The Kier molecular flexibility index (Phi) is 5.21. The van der Waals surface area contributed by atoms with Crippen molar-refractivity contribution in [2.24, 2.45) is 12.5 Å². The number of thiophene rings is 1. The Morgan fingerprint density at radius 1 is 1.15 bits per heavy atom. The topological polar surface area (TPSA) is 104 Å². The minimum absolute atomic E-state index is 0.0334. The van der Waals surface area contributed by atoms with Crippen LogP contribution >= 0.6 is 11.3 Å². The lowest BCUT2D eigenvalue weighted by Crippen LogP contribution is -2.39. The number of sulfone groups is 1. The first-order valence-electron chi connectivity index (χ1n) is 11.0. The second-order valence-corrected chi connectivity index (χ2v) is 12.8. The van der Waals surface area contributed by atoms with Gasteiger partial charge in [0.05, 0.1) is 33.8 Å². The molecule has 178 valence electrons. The zero-order valence-electron chi connectivity index (χ0n) is 19.4. The first kappa shape index (κ1) is 22.8. The maximum absolute atomic E-state index is 13.6. The van der Waals surface area contributed by atoms with Crippen molar-refractivity contribution in [3.63, 3.8) is 0 Å². The Morgan fingerprint density at radius 3 is 2.47 bits per heavy atom. The summed E-state index contributed by atoms with van der Waals surface area (Å²) < 4.78 is 34.4. The number of aryl methyl sites for hydroxylation is 3. The van der Waals surface area contributed by atoms with E-state index in [1.807, 2.05) is 26.0 Å². The van der Waals surface area contributed by atoms with E-state index in [2.05, 4.69) is 5.16 Å². The minimum Gasteiger partial charge on any atom is -0.359 e. The summed E-state index contributed by atoms with van der Waals surface area (Å²) >= 11 is 1.49. The molecule has 1 fully saturated rings. The van der Waals surface area contributed by atoms with Crippen molar-refractivity contribution >= 4 is 32.1 Å². The van der Waals surface area contributed by atoms with Gasteiger partial charge in [0.15, 0.2) is 15.6 Å². The number of rotatable bonds is 6. The highest BCUT2D eigenvalue weighted by Gasteiger charge is 2.42. The van der Waals surface area contributed by atoms with Crippen molar-refractivity contribution in [2.75, 3.05) is 5.75 Å². The molecular formula is C24H25N3O5S2. The van der Waals surface area contributed by atoms with E-state index in [0.29, 0.717) is 22.5 Å². The summed E-state index contributed by atoms with van der Waals surface area (Å²) in [4.78, 5) is 28.8. The smallest absolute Gasteiger partial charge is 0.331 e. The zero-order chi connectivity index (χ0) is 24.4. The van der Waals surface area contributed by atoms with Crippen molar-refractivity contribution < 1.29 is 12.9 Å². The molecule has 0 spiro atoms. The predicted molar refractivity (Wildman–Crippen MR) is 131 cm³/mol. The van der Waals surface area contributed by atoms with Crippen LogP contribution in [-0.4, -0.2) is 28.5 Å². The van der Waals surface area contributed by atoms with Crippen molar-refractivity contribution in [3.05, 3.63) is 67.5 Å². The summed E-state index contributed by atoms with van der Waals surface area (Å²) in [7, 11) is -2.05. The van der Waals surface area contributed by atoms with Gasteiger partial charge in [0.25, 0.3) is 5.56 Å². The molecule has 1 aromatic carbocycles. The monoisotopic (exact) mass is 499 g/mol. The molecular weight excluding hydrogens is 474 g/mol. The normalized spacial score (nSPS) is 15.2. The van der Waals surface area contributed by atoms with E-state index in [0.717, 1.165) is 27.2 Å². The van der Waals surface area contributed by atoms with Crippen LogP contribution in [0.4, 0.5) is 0 Å². The summed E-state index contributed by atoms with van der Waals surface area (Å²) in [6.45, 7) is 5.58. The van der Waals surface area contributed by atoms with Crippen molar-refractivity contribution in [2.45, 2.75) is 45.1 Å². The minimum atomic E-state index is -3.64. The Balaban J connectivity index is 1.80. The lowest BCUT2D eigenvalue weighted by molar-refractivity contribution is 0.369. The number of aromatic nitrogens is 3. The third-order valence-electron chi connectivity index (χ3n) is 6.41. The number of hydrogen-bond donors (Lipinski definition) is 0. The molecule has 1 saturated carbocycles. The highest BCUT2D eigenvalue weighted by Crippen LogP contribution is 2.47. The van der Waals surface area contributed by atoms with Gasteiger partial charge in [-0.2, -0.15) is 0 Å². The van der Waals surface area contributed by atoms with Crippen LogP contribution in [0.2, 0.25) is 0 Å². The third-order valence-corrected chi connectivity index (χ3v) is 9.47. The Hall–Kier alpha value is -2.98. The largest absolute Gasteiger partial charge is 0.359 e. The van der Waals surface area contributed by atoms with Gasteiger partial charge in [-0.25, -0.2) is 13.2 Å². The van der Waals surface area contributed by atoms with E-state index >= 15 is 0 Å². The average molecular weight is 500 g/mol. The summed E-state index contributed by atoms with van der Waals surface area (Å²) in [6.07, 6.45) is 1.74. The molecule has 0 bridgehead atoms. The van der Waals surface area contributed by atoms with Gasteiger partial charge >= 0.3 is 5.69 Å². The molecule has 8 nitrogen and oxygen atoms in total. The van der Waals surface area contributed by atoms with Gasteiger partial charge in [0, 0.05) is 28.4 Å². The van der Waals surface area contributed by atoms with Gasteiger partial charge in [0.1, 0.15) is 0 Å². The molecule has 0 radical (unpaired) electrons. The van der Waals surface area contributed by atoms with Crippen LogP contribution in [-0.2, 0) is 23.4 Å². The first-order valence-corrected chi connectivity index (χ1v) is 13.4. The number of hydrogen-bond acceptors (Lipinski definition) is 7. The van der Waals surface area contributed by atoms with Crippen LogP contribution < -0.4 is 11.2 Å². The Bertz CT molecular complexity index is 1670. The molecule has 1 aliphatic rings. The molecule has 0 unspecified atom stereocenters. The van der Waals surface area contributed by atoms with Crippen molar-refractivity contribution in [3.8, 4) is 10.4 Å². The first-order chi connectivity index (χ1) is 16.0. The Labute approximate surface area is 200 Å². The van der Waals surface area contributed by atoms with Crippen LogP contribution in [0.25, 0.3) is 21.3 Å². The zero-order valence-corrected chi connectivity index (χ0v) is 21.0. The fourth-order valence-corrected chi connectivity index (χ4v) is 7.13. The molecule has 1 aliphatic carbocycles. The lowest BCUT2D eigenvalue weighted by atomic mass is 10.1. The van der Waals surface area contributed by atoms with E-state index in [1.165, 1.54) is 22.0 Å². The highest BCUT2D eigenvalue weighted by molar-refractivity contribution is 7.91. The van der Waals surface area contributed by atoms with Crippen LogP contribution in [0.3, 0.4) is 0 Å². The van der Waals surface area contributed by atoms with Gasteiger partial charge in [-0.05, 0) is 56.4 Å². The van der Waals surface area contributed by atoms with Crippen molar-refractivity contribution in [1.29, 1.82) is 0 Å². The molecule has 34 heavy (non-hydrogen) atoms. The van der Waals surface area contributed by atoms with Crippen LogP contribution in [0, 0.1) is 19.3 Å². The molecule has 0 saturated heterocycles. The molecule has 3 heterocycles. The van der Waals surface area contributed by atoms with Gasteiger partial charge in [-0.15, -0.1) is 11.3 Å². The second kappa shape index (κ2) is 7.78. The van der Waals surface area contributed by atoms with Crippen molar-refractivity contribution in [1.82, 2.24) is 14.3 Å². The number of fused-ring (bicyclic) bond motifs is 1. The molecule has 4 aromatic rings. The van der Waals surface area contributed by atoms with Gasteiger partial charge in [-0.3, -0.25) is 13.9 Å². The van der Waals surface area contributed by atoms with E-state index < -0.39 is 21.1 Å². The molecule has 0 atom stereocenters. The molecule has 0 aliphatic heterocycles. The van der Waals surface area contributed by atoms with Gasteiger partial charge in [-0.1, -0.05) is 12.1 Å². The summed E-state index contributed by atoms with van der Waals surface area (Å²) in [6, 6.07) is 8.51. The quantitative estimate of drug-likeness (QED) is 0.401. The fourth-order valence-electron chi connectivity index (χ4n) is 4.27. The maximum atomic E-state index is 13.6. The van der Waals surface area contributed by atoms with E-state index in [-0.39, 0.29) is 28.0 Å². The molecule has 0 amide bonds. The molecule has 5 rings (SSSR count). The molecule has 0 N–H and O–H groups in total. The van der Waals surface area contributed by atoms with Gasteiger partial charge < -0.3 is 4.52 Å². The summed E-state index contributed by atoms with van der Waals surface area (Å²) in [5, 5.41) is 4.00. The van der Waals surface area contributed by atoms with Crippen LogP contribution in [0.1, 0.15) is 36.1 Å². The summed E-state index contributed by atoms with van der Waals surface area (Å²) in [5.74, 6) is 0.404. The second-order valence-electron chi connectivity index (χ2n) is 9.51. The van der Waals surface area contributed by atoms with E-state index in [1.54, 1.807) is 26.1 Å².